The van der Waals surface area contributed by atoms with E-state index in [2.05, 4.69) is 20.6 Å². The predicted molar refractivity (Wildman–Crippen MR) is 123 cm³/mol. The van der Waals surface area contributed by atoms with Crippen LogP contribution in [0.4, 0.5) is 27.5 Å². The summed E-state index contributed by atoms with van der Waals surface area (Å²) in [5, 5.41) is 6.28. The van der Waals surface area contributed by atoms with E-state index in [1.165, 1.54) is 0 Å². The van der Waals surface area contributed by atoms with Crippen LogP contribution in [0, 0.1) is 5.82 Å². The Labute approximate surface area is 186 Å². The number of nitrogens with one attached hydrogen (secondary N) is 2. The van der Waals surface area contributed by atoms with Gasteiger partial charge in [-0.2, -0.15) is 4.98 Å². The smallest absolute Gasteiger partial charge is 0.229 e. The number of anilines is 4. The van der Waals surface area contributed by atoms with Gasteiger partial charge in [0.25, 0.3) is 0 Å². The number of hydrogen-bond donors (Lipinski definition) is 2. The maximum Gasteiger partial charge on any atom is 0.229 e. The van der Waals surface area contributed by atoms with Gasteiger partial charge in [-0.15, -0.1) is 0 Å². The van der Waals surface area contributed by atoms with Crippen molar-refractivity contribution in [3.05, 3.63) is 71.2 Å². The van der Waals surface area contributed by atoms with Gasteiger partial charge in [-0.25, -0.2) is 9.37 Å². The zero-order valence-corrected chi connectivity index (χ0v) is 17.9. The molecule has 2 aliphatic rings. The molecule has 32 heavy (non-hydrogen) atoms. The zero-order chi connectivity index (χ0) is 21.9. The van der Waals surface area contributed by atoms with Gasteiger partial charge in [0.05, 0.1) is 18.9 Å². The maximum atomic E-state index is 14.9. The number of rotatable bonds is 6. The molecule has 6 nitrogen and oxygen atoms in total. The third-order valence-corrected chi connectivity index (χ3v) is 5.61. The molecule has 5 rings (SSSR count). The van der Waals surface area contributed by atoms with Crippen molar-refractivity contribution in [2.75, 3.05) is 23.8 Å². The minimum atomic E-state index is -0.259. The minimum absolute atomic E-state index is 0.170. The first-order valence-electron chi connectivity index (χ1n) is 10.8. The molecule has 0 bridgehead atoms. The predicted octanol–water partition coefficient (Wildman–Crippen LogP) is 5.62. The van der Waals surface area contributed by atoms with Gasteiger partial charge in [0.2, 0.25) is 5.95 Å². The zero-order valence-electron chi connectivity index (χ0n) is 17.9. The Bertz CT molecular complexity index is 1160. The van der Waals surface area contributed by atoms with Crippen LogP contribution in [0.15, 0.2) is 54.2 Å². The fourth-order valence-corrected chi connectivity index (χ4v) is 4.03. The first-order valence-corrected chi connectivity index (χ1v) is 10.8. The topological polar surface area (TPSA) is 68.3 Å². The van der Waals surface area contributed by atoms with Gasteiger partial charge in [-0.3, -0.25) is 0 Å². The number of hydrogen-bond acceptors (Lipinski definition) is 6. The number of aromatic nitrogens is 2. The third kappa shape index (κ3) is 4.57. The number of allylic oxidation sites excluding steroid dienone is 1. The Morgan fingerprint density at radius 3 is 2.84 bits per heavy atom. The minimum Gasteiger partial charge on any atom is -0.490 e. The largest absolute Gasteiger partial charge is 0.490 e. The molecule has 0 spiro atoms. The summed E-state index contributed by atoms with van der Waals surface area (Å²) >= 11 is 0. The highest BCUT2D eigenvalue weighted by atomic mass is 19.1. The molecule has 1 saturated heterocycles. The summed E-state index contributed by atoms with van der Waals surface area (Å²) in [5.74, 6) is 1.45. The van der Waals surface area contributed by atoms with E-state index >= 15 is 0 Å². The van der Waals surface area contributed by atoms with E-state index in [9.17, 15) is 4.39 Å². The molecule has 3 aromatic rings. The molecule has 7 heteroatoms. The Kier molecular flexibility index (Phi) is 5.73. The summed E-state index contributed by atoms with van der Waals surface area (Å²) in [4.78, 5) is 8.77. The highest BCUT2D eigenvalue weighted by Gasteiger charge is 2.18. The van der Waals surface area contributed by atoms with E-state index in [1.807, 2.05) is 43.3 Å². The number of halogens is 1. The van der Waals surface area contributed by atoms with Gasteiger partial charge in [-0.05, 0) is 43.2 Å². The van der Waals surface area contributed by atoms with E-state index in [0.29, 0.717) is 23.0 Å². The van der Waals surface area contributed by atoms with Crippen molar-refractivity contribution in [3.8, 4) is 5.75 Å². The van der Waals surface area contributed by atoms with E-state index < -0.39 is 0 Å². The van der Waals surface area contributed by atoms with Gasteiger partial charge in [0.15, 0.2) is 5.82 Å². The van der Waals surface area contributed by atoms with Gasteiger partial charge in [0, 0.05) is 36.4 Å². The second-order valence-corrected chi connectivity index (χ2v) is 8.14. The fraction of sp³-hybridized carbons (Fsp3) is 0.280. The molecule has 2 heterocycles. The Morgan fingerprint density at radius 1 is 1.09 bits per heavy atom. The van der Waals surface area contributed by atoms with E-state index in [4.69, 9.17) is 9.47 Å². The molecular weight excluding hydrogens is 407 g/mol. The summed E-state index contributed by atoms with van der Waals surface area (Å²) in [5.41, 5.74) is 4.04. The molecule has 1 aliphatic heterocycles. The van der Waals surface area contributed by atoms with E-state index in [1.54, 1.807) is 18.3 Å². The van der Waals surface area contributed by atoms with Crippen molar-refractivity contribution in [1.29, 1.82) is 0 Å². The molecule has 1 aliphatic carbocycles. The highest BCUT2D eigenvalue weighted by Crippen LogP contribution is 2.32. The maximum absolute atomic E-state index is 14.9. The van der Waals surface area contributed by atoms with Crippen LogP contribution in [-0.2, 0) is 11.2 Å². The second kappa shape index (κ2) is 8.96. The van der Waals surface area contributed by atoms with Gasteiger partial charge in [0.1, 0.15) is 17.7 Å². The van der Waals surface area contributed by atoms with Crippen LogP contribution < -0.4 is 15.4 Å². The highest BCUT2D eigenvalue weighted by molar-refractivity contribution is 5.71. The standard InChI is InChI=1S/C25H25FN4O2/c1-16-13-17-5-6-22(24(26)21(17)14-16)29-23-7-10-27-25(30-23)28-18-3-2-4-20(15-18)32-19-8-11-31-12-9-19/h2-7,10,14-15,19H,8-9,11-13H2,1H3,(H2,27,28,29,30). The van der Waals surface area contributed by atoms with Crippen LogP contribution >= 0.6 is 0 Å². The lowest BCUT2D eigenvalue weighted by Crippen LogP contribution is -2.25. The number of fused-ring (bicyclic) bond motifs is 1. The Balaban J connectivity index is 1.29. The fourth-order valence-electron chi connectivity index (χ4n) is 4.03. The lowest BCUT2D eigenvalue weighted by atomic mass is 10.1. The molecule has 1 aromatic heterocycles. The molecule has 1 fully saturated rings. The van der Waals surface area contributed by atoms with Crippen molar-refractivity contribution in [1.82, 2.24) is 9.97 Å². The van der Waals surface area contributed by atoms with Crippen molar-refractivity contribution >= 4 is 29.2 Å². The number of ether oxygens (including phenoxy) is 2. The van der Waals surface area contributed by atoms with Crippen molar-refractivity contribution in [3.63, 3.8) is 0 Å². The summed E-state index contributed by atoms with van der Waals surface area (Å²) in [6, 6.07) is 13.1. The van der Waals surface area contributed by atoms with E-state index in [-0.39, 0.29) is 11.9 Å². The molecule has 0 saturated carbocycles. The Morgan fingerprint density at radius 2 is 1.97 bits per heavy atom. The monoisotopic (exact) mass is 432 g/mol. The molecule has 0 atom stereocenters. The van der Waals surface area contributed by atoms with Gasteiger partial charge in [-0.1, -0.05) is 23.8 Å². The van der Waals surface area contributed by atoms with E-state index in [0.717, 1.165) is 55.0 Å². The Hall–Kier alpha value is -3.45. The summed E-state index contributed by atoms with van der Waals surface area (Å²) in [6.07, 6.45) is 6.29. The average Bonchev–Trinajstić information content (AvgIpc) is 3.18. The van der Waals surface area contributed by atoms with Crippen molar-refractivity contribution in [2.45, 2.75) is 32.3 Å². The summed E-state index contributed by atoms with van der Waals surface area (Å²) < 4.78 is 26.4. The number of benzene rings is 2. The quantitative estimate of drug-likeness (QED) is 0.527. The summed E-state index contributed by atoms with van der Waals surface area (Å²) in [7, 11) is 0. The number of nitrogens with zero attached hydrogens (tertiary/aromatic N) is 2. The summed E-state index contributed by atoms with van der Waals surface area (Å²) in [6.45, 7) is 3.48. The van der Waals surface area contributed by atoms with Gasteiger partial charge >= 0.3 is 0 Å². The van der Waals surface area contributed by atoms with Crippen LogP contribution in [-0.4, -0.2) is 29.3 Å². The lowest BCUT2D eigenvalue weighted by molar-refractivity contribution is 0.0256. The van der Waals surface area contributed by atoms with Crippen molar-refractivity contribution < 1.29 is 13.9 Å². The molecule has 164 valence electrons. The molecule has 0 unspecified atom stereocenters. The SMILES string of the molecule is CC1=Cc2c(ccc(Nc3ccnc(Nc4cccc(OC5CCOCC5)c4)n3)c2F)C1. The molecule has 0 radical (unpaired) electrons. The molecule has 2 N–H and O–H groups in total. The molecule has 0 amide bonds. The van der Waals surface area contributed by atoms with Crippen LogP contribution in [0.5, 0.6) is 5.75 Å². The van der Waals surface area contributed by atoms with Crippen LogP contribution in [0.3, 0.4) is 0 Å². The molecular formula is C25H25FN4O2. The first kappa shape index (κ1) is 20.5. The van der Waals surface area contributed by atoms with Gasteiger partial charge < -0.3 is 20.1 Å². The lowest BCUT2D eigenvalue weighted by Gasteiger charge is -2.23. The average molecular weight is 432 g/mol. The normalized spacial score (nSPS) is 15.8. The third-order valence-electron chi connectivity index (χ3n) is 5.61. The van der Waals surface area contributed by atoms with Crippen LogP contribution in [0.1, 0.15) is 30.9 Å². The van der Waals surface area contributed by atoms with Crippen LogP contribution in [0.25, 0.3) is 6.08 Å². The molecule has 2 aromatic carbocycles. The van der Waals surface area contributed by atoms with Crippen LogP contribution in [0.2, 0.25) is 0 Å². The second-order valence-electron chi connectivity index (χ2n) is 8.14. The first-order chi connectivity index (χ1) is 15.6. The van der Waals surface area contributed by atoms with Crippen molar-refractivity contribution in [2.24, 2.45) is 0 Å².